The Morgan fingerprint density at radius 1 is 1.23 bits per heavy atom. The molecule has 1 aromatic heterocycles. The zero-order valence-corrected chi connectivity index (χ0v) is 13.3. The van der Waals surface area contributed by atoms with E-state index >= 15 is 0 Å². The largest absolute Gasteiger partial charge is 0.392 e. The molecule has 0 radical (unpaired) electrons. The van der Waals surface area contributed by atoms with Crippen LogP contribution in [0.4, 0.5) is 0 Å². The lowest BCUT2D eigenvalue weighted by Crippen LogP contribution is -2.37. The van der Waals surface area contributed by atoms with E-state index in [1.165, 1.54) is 5.56 Å². The molecule has 1 heterocycles. The van der Waals surface area contributed by atoms with E-state index in [0.717, 1.165) is 30.6 Å². The van der Waals surface area contributed by atoms with Crippen LogP contribution >= 0.6 is 11.3 Å². The van der Waals surface area contributed by atoms with Crippen LogP contribution in [0, 0.1) is 5.92 Å². The number of amides is 1. The average molecular weight is 315 g/mol. The third-order valence-corrected chi connectivity index (χ3v) is 5.29. The van der Waals surface area contributed by atoms with Crippen LogP contribution in [0.25, 0.3) is 0 Å². The van der Waals surface area contributed by atoms with E-state index in [1.54, 1.807) is 11.3 Å². The van der Waals surface area contributed by atoms with Crippen LogP contribution in [-0.2, 0) is 11.2 Å². The topological polar surface area (TPSA) is 49.3 Å². The fraction of sp³-hybridized carbons (Fsp3) is 0.389. The second kappa shape index (κ2) is 7.07. The highest BCUT2D eigenvalue weighted by atomic mass is 32.1. The van der Waals surface area contributed by atoms with Crippen molar-refractivity contribution in [1.82, 2.24) is 5.32 Å². The number of benzene rings is 1. The molecule has 1 fully saturated rings. The number of thiophene rings is 1. The van der Waals surface area contributed by atoms with Crippen LogP contribution in [-0.4, -0.2) is 17.1 Å². The quantitative estimate of drug-likeness (QED) is 0.889. The number of rotatable bonds is 5. The number of aliphatic hydroxyl groups excluding tert-OH is 1. The number of carbonyl (C=O) groups is 1. The first kappa shape index (κ1) is 15.3. The van der Waals surface area contributed by atoms with Crippen molar-refractivity contribution in [3.05, 3.63) is 58.3 Å². The zero-order valence-electron chi connectivity index (χ0n) is 12.4. The summed E-state index contributed by atoms with van der Waals surface area (Å²) in [6.07, 6.45) is 2.74. The summed E-state index contributed by atoms with van der Waals surface area (Å²) in [6, 6.07) is 14.2. The molecule has 3 rings (SSSR count). The van der Waals surface area contributed by atoms with Gasteiger partial charge in [0.25, 0.3) is 0 Å². The molecule has 0 spiro atoms. The van der Waals surface area contributed by atoms with Gasteiger partial charge in [-0.25, -0.2) is 0 Å². The van der Waals surface area contributed by atoms with Gasteiger partial charge in [0.1, 0.15) is 0 Å². The van der Waals surface area contributed by atoms with E-state index in [9.17, 15) is 9.90 Å². The molecule has 3 nitrogen and oxygen atoms in total. The van der Waals surface area contributed by atoms with E-state index in [2.05, 4.69) is 23.5 Å². The first-order valence-electron chi connectivity index (χ1n) is 7.80. The summed E-state index contributed by atoms with van der Waals surface area (Å²) < 4.78 is 0. The van der Waals surface area contributed by atoms with Crippen molar-refractivity contribution in [2.75, 3.05) is 0 Å². The second-order valence-electron chi connectivity index (χ2n) is 5.87. The van der Waals surface area contributed by atoms with E-state index < -0.39 is 6.10 Å². The van der Waals surface area contributed by atoms with E-state index in [0.29, 0.717) is 0 Å². The summed E-state index contributed by atoms with van der Waals surface area (Å²) in [7, 11) is 0. The highest BCUT2D eigenvalue weighted by Gasteiger charge is 2.32. The Balaban J connectivity index is 1.73. The Kier molecular flexibility index (Phi) is 4.90. The molecule has 0 aliphatic heterocycles. The Hall–Kier alpha value is -1.65. The van der Waals surface area contributed by atoms with Crippen molar-refractivity contribution in [2.24, 2.45) is 5.92 Å². The number of nitrogens with one attached hydrogen (secondary N) is 1. The SMILES string of the molecule is O=C(NC(Cc1ccccc1)c1cccs1)C1CCCC1O. The number of aliphatic hydroxyl groups is 1. The lowest BCUT2D eigenvalue weighted by atomic mass is 10.0. The van der Waals surface area contributed by atoms with Crippen LogP contribution < -0.4 is 5.32 Å². The van der Waals surface area contributed by atoms with E-state index in [1.807, 2.05) is 29.6 Å². The standard InChI is InChI=1S/C18H21NO2S/c20-16-9-4-8-14(16)18(21)19-15(17-10-5-11-22-17)12-13-6-2-1-3-7-13/h1-3,5-7,10-11,14-16,20H,4,8-9,12H2,(H,19,21). The maximum Gasteiger partial charge on any atom is 0.226 e. The molecule has 1 saturated carbocycles. The van der Waals surface area contributed by atoms with Gasteiger partial charge in [-0.15, -0.1) is 11.3 Å². The maximum atomic E-state index is 12.5. The van der Waals surface area contributed by atoms with Gasteiger partial charge in [0.15, 0.2) is 0 Å². The molecular weight excluding hydrogens is 294 g/mol. The number of hydrogen-bond donors (Lipinski definition) is 2. The van der Waals surface area contributed by atoms with Gasteiger partial charge in [-0.2, -0.15) is 0 Å². The summed E-state index contributed by atoms with van der Waals surface area (Å²) in [6.45, 7) is 0. The van der Waals surface area contributed by atoms with Crippen molar-refractivity contribution in [3.8, 4) is 0 Å². The summed E-state index contributed by atoms with van der Waals surface area (Å²) in [5.74, 6) is -0.266. The van der Waals surface area contributed by atoms with Gasteiger partial charge in [0, 0.05) is 4.88 Å². The van der Waals surface area contributed by atoms with Crippen molar-refractivity contribution in [3.63, 3.8) is 0 Å². The first-order chi connectivity index (χ1) is 10.7. The summed E-state index contributed by atoms with van der Waals surface area (Å²) >= 11 is 1.66. The van der Waals surface area contributed by atoms with Gasteiger partial charge in [-0.05, 0) is 42.7 Å². The van der Waals surface area contributed by atoms with E-state index in [-0.39, 0.29) is 17.9 Å². The molecular formula is C18H21NO2S. The Bertz CT molecular complexity index is 597. The maximum absolute atomic E-state index is 12.5. The van der Waals surface area contributed by atoms with Crippen LogP contribution in [0.2, 0.25) is 0 Å². The van der Waals surface area contributed by atoms with Crippen molar-refractivity contribution >= 4 is 17.2 Å². The minimum atomic E-state index is -0.485. The average Bonchev–Trinajstić information content (AvgIpc) is 3.19. The normalized spacial score (nSPS) is 22.4. The molecule has 4 heteroatoms. The zero-order chi connectivity index (χ0) is 15.4. The van der Waals surface area contributed by atoms with Crippen molar-refractivity contribution < 1.29 is 9.90 Å². The third-order valence-electron chi connectivity index (χ3n) is 4.30. The van der Waals surface area contributed by atoms with Gasteiger partial charge in [0.2, 0.25) is 5.91 Å². The molecule has 3 unspecified atom stereocenters. The van der Waals surface area contributed by atoms with Gasteiger partial charge >= 0.3 is 0 Å². The molecule has 22 heavy (non-hydrogen) atoms. The fourth-order valence-electron chi connectivity index (χ4n) is 3.09. The molecule has 0 saturated heterocycles. The van der Waals surface area contributed by atoms with Gasteiger partial charge in [-0.1, -0.05) is 36.4 Å². The molecule has 2 aromatic rings. The predicted molar refractivity (Wildman–Crippen MR) is 88.7 cm³/mol. The van der Waals surface area contributed by atoms with Gasteiger partial charge in [0.05, 0.1) is 18.1 Å². The first-order valence-corrected chi connectivity index (χ1v) is 8.68. The molecule has 1 aromatic carbocycles. The Labute approximate surface area is 135 Å². The molecule has 1 aliphatic carbocycles. The smallest absolute Gasteiger partial charge is 0.226 e. The molecule has 3 atom stereocenters. The third kappa shape index (κ3) is 3.57. The summed E-state index contributed by atoms with van der Waals surface area (Å²) in [5.41, 5.74) is 1.20. The fourth-order valence-corrected chi connectivity index (χ4v) is 3.87. The minimum Gasteiger partial charge on any atom is -0.392 e. The number of carbonyl (C=O) groups excluding carboxylic acids is 1. The number of hydrogen-bond acceptors (Lipinski definition) is 3. The van der Waals surface area contributed by atoms with Crippen LogP contribution in [0.5, 0.6) is 0 Å². The molecule has 116 valence electrons. The Morgan fingerprint density at radius 2 is 2.05 bits per heavy atom. The Morgan fingerprint density at radius 3 is 2.68 bits per heavy atom. The molecule has 0 bridgehead atoms. The predicted octanol–water partition coefficient (Wildman–Crippen LogP) is 3.31. The van der Waals surface area contributed by atoms with Crippen LogP contribution in [0.15, 0.2) is 47.8 Å². The van der Waals surface area contributed by atoms with E-state index in [4.69, 9.17) is 0 Å². The monoisotopic (exact) mass is 315 g/mol. The molecule has 1 aliphatic rings. The highest BCUT2D eigenvalue weighted by Crippen LogP contribution is 2.28. The van der Waals surface area contributed by atoms with Gasteiger partial charge in [-0.3, -0.25) is 4.79 Å². The van der Waals surface area contributed by atoms with Crippen molar-refractivity contribution in [2.45, 2.75) is 37.8 Å². The highest BCUT2D eigenvalue weighted by molar-refractivity contribution is 7.10. The van der Waals surface area contributed by atoms with Gasteiger partial charge < -0.3 is 10.4 Å². The lowest BCUT2D eigenvalue weighted by molar-refractivity contribution is -0.128. The summed E-state index contributed by atoms with van der Waals surface area (Å²) in [4.78, 5) is 13.6. The molecule has 2 N–H and O–H groups in total. The lowest BCUT2D eigenvalue weighted by Gasteiger charge is -2.21. The summed E-state index contributed by atoms with van der Waals surface area (Å²) in [5, 5.41) is 15.1. The molecule has 1 amide bonds. The second-order valence-corrected chi connectivity index (χ2v) is 6.85. The minimum absolute atomic E-state index is 0.0145. The van der Waals surface area contributed by atoms with Crippen molar-refractivity contribution in [1.29, 1.82) is 0 Å². The van der Waals surface area contributed by atoms with Crippen LogP contribution in [0.3, 0.4) is 0 Å². The van der Waals surface area contributed by atoms with Crippen LogP contribution in [0.1, 0.15) is 35.7 Å².